The molecule has 0 spiro atoms. The Kier molecular flexibility index (Phi) is 24.6. The van der Waals surface area contributed by atoms with E-state index in [-0.39, 0.29) is 12.6 Å². The average molecular weight is 625 g/mol. The minimum Gasteiger partial charge on any atom is -0.353 e. The molecule has 0 aliphatic carbocycles. The van der Waals surface area contributed by atoms with Crippen molar-refractivity contribution in [1.29, 1.82) is 0 Å². The van der Waals surface area contributed by atoms with E-state index in [1.165, 1.54) is 83.5 Å². The van der Waals surface area contributed by atoms with Crippen molar-refractivity contribution in [3.63, 3.8) is 0 Å². The van der Waals surface area contributed by atoms with E-state index in [2.05, 4.69) is 30.8 Å². The van der Waals surface area contributed by atoms with Gasteiger partial charge in [-0.15, -0.1) is 0 Å². The van der Waals surface area contributed by atoms with Gasteiger partial charge >= 0.3 is 0 Å². The van der Waals surface area contributed by atoms with Crippen molar-refractivity contribution in [1.82, 2.24) is 9.80 Å². The van der Waals surface area contributed by atoms with Crippen LogP contribution in [0.5, 0.6) is 0 Å². The van der Waals surface area contributed by atoms with Gasteiger partial charge in [-0.3, -0.25) is 4.79 Å². The van der Waals surface area contributed by atoms with Crippen LogP contribution in [0.1, 0.15) is 161 Å². The van der Waals surface area contributed by atoms with Crippen molar-refractivity contribution in [2.24, 2.45) is 0 Å². The van der Waals surface area contributed by atoms with Gasteiger partial charge in [0.15, 0.2) is 12.6 Å². The Bertz CT molecular complexity index is 652. The molecule has 2 aliphatic rings. The molecule has 0 aromatic rings. The van der Waals surface area contributed by atoms with Crippen LogP contribution in [0.2, 0.25) is 0 Å². The van der Waals surface area contributed by atoms with E-state index in [1.807, 2.05) is 0 Å². The summed E-state index contributed by atoms with van der Waals surface area (Å²) in [5.74, 6) is 0.368. The smallest absolute Gasteiger partial charge is 0.222 e. The monoisotopic (exact) mass is 625 g/mol. The number of unbranched alkanes of at least 4 members (excludes halogenated alkanes) is 11. The van der Waals surface area contributed by atoms with Gasteiger partial charge in [-0.1, -0.05) is 71.1 Å². The molecule has 2 heterocycles. The van der Waals surface area contributed by atoms with Gasteiger partial charge in [0.05, 0.1) is 0 Å². The van der Waals surface area contributed by atoms with Crippen LogP contribution in [-0.2, 0) is 23.7 Å². The minimum absolute atomic E-state index is 0.00275. The summed E-state index contributed by atoms with van der Waals surface area (Å²) in [5, 5.41) is 0. The molecule has 0 N–H and O–H groups in total. The fourth-order valence-electron chi connectivity index (χ4n) is 6.51. The number of nitrogens with zero attached hydrogens (tertiary/aromatic N) is 2. The van der Waals surface area contributed by atoms with E-state index in [4.69, 9.17) is 18.9 Å². The molecule has 0 radical (unpaired) electrons. The molecule has 1 amide bonds. The van der Waals surface area contributed by atoms with E-state index in [1.54, 1.807) is 0 Å². The van der Waals surface area contributed by atoms with Gasteiger partial charge in [-0.05, 0) is 104 Å². The van der Waals surface area contributed by atoms with E-state index in [9.17, 15) is 4.79 Å². The van der Waals surface area contributed by atoms with E-state index >= 15 is 0 Å². The quantitative estimate of drug-likeness (QED) is 0.0811. The predicted octanol–water partition coefficient (Wildman–Crippen LogP) is 8.87. The molecule has 3 atom stereocenters. The molecule has 0 aromatic carbocycles. The third-order valence-electron chi connectivity index (χ3n) is 9.26. The molecule has 7 nitrogen and oxygen atoms in total. The van der Waals surface area contributed by atoms with Gasteiger partial charge in [0.1, 0.15) is 0 Å². The molecule has 260 valence electrons. The summed E-state index contributed by atoms with van der Waals surface area (Å²) >= 11 is 0. The standard InChI is InChI=1S/C37H72N2O5/c1-4-5-6-7-8-9-13-23-34(24-14-10-11-18-30-41-36-26-15-20-32-43-36)39(35(40)25-22-28-38(2)3)29-17-12-19-31-42-37-27-16-21-33-44-37/h34,36-37H,4-33H2,1-3H3. The highest BCUT2D eigenvalue weighted by Crippen LogP contribution is 2.22. The molecule has 0 saturated carbocycles. The zero-order valence-electron chi connectivity index (χ0n) is 29.4. The molecule has 2 saturated heterocycles. The second kappa shape index (κ2) is 27.4. The minimum atomic E-state index is -0.00275. The molecule has 3 unspecified atom stereocenters. The third kappa shape index (κ3) is 20.4. The van der Waals surface area contributed by atoms with Crippen molar-refractivity contribution in [3.8, 4) is 0 Å². The molecule has 2 rings (SSSR count). The summed E-state index contributed by atoms with van der Waals surface area (Å²) in [6.45, 7) is 7.38. The van der Waals surface area contributed by atoms with Crippen LogP contribution in [0.25, 0.3) is 0 Å². The van der Waals surface area contributed by atoms with Gasteiger partial charge in [-0.2, -0.15) is 0 Å². The van der Waals surface area contributed by atoms with E-state index < -0.39 is 0 Å². The van der Waals surface area contributed by atoms with Gasteiger partial charge < -0.3 is 28.7 Å². The lowest BCUT2D eigenvalue weighted by molar-refractivity contribution is -0.163. The number of amides is 1. The highest BCUT2D eigenvalue weighted by molar-refractivity contribution is 5.76. The summed E-state index contributed by atoms with van der Waals surface area (Å²) in [7, 11) is 4.19. The molecular weight excluding hydrogens is 552 g/mol. The van der Waals surface area contributed by atoms with Crippen molar-refractivity contribution in [2.75, 3.05) is 53.6 Å². The zero-order valence-corrected chi connectivity index (χ0v) is 29.4. The summed E-state index contributed by atoms with van der Waals surface area (Å²) in [6, 6.07) is 0.372. The number of ether oxygens (including phenoxy) is 4. The lowest BCUT2D eigenvalue weighted by Crippen LogP contribution is -2.41. The Morgan fingerprint density at radius 1 is 0.659 bits per heavy atom. The summed E-state index contributed by atoms with van der Waals surface area (Å²) in [4.78, 5) is 18.2. The number of carbonyl (C=O) groups is 1. The number of hydrogen-bond donors (Lipinski definition) is 0. The van der Waals surface area contributed by atoms with Crippen LogP contribution in [0.3, 0.4) is 0 Å². The van der Waals surface area contributed by atoms with Crippen molar-refractivity contribution >= 4 is 5.91 Å². The highest BCUT2D eigenvalue weighted by atomic mass is 16.7. The Morgan fingerprint density at radius 2 is 1.18 bits per heavy atom. The molecule has 0 bridgehead atoms. The first-order chi connectivity index (χ1) is 21.6. The van der Waals surface area contributed by atoms with Crippen LogP contribution in [0.15, 0.2) is 0 Å². The molecule has 0 aromatic heterocycles. The molecular formula is C37H72N2O5. The summed E-state index contributed by atoms with van der Waals surface area (Å²) in [5.41, 5.74) is 0. The van der Waals surface area contributed by atoms with E-state index in [0.29, 0.717) is 18.4 Å². The maximum Gasteiger partial charge on any atom is 0.222 e. The third-order valence-corrected chi connectivity index (χ3v) is 9.26. The Balaban J connectivity index is 1.82. The normalized spacial score (nSPS) is 19.8. The average Bonchev–Trinajstić information content (AvgIpc) is 3.03. The van der Waals surface area contributed by atoms with Gasteiger partial charge in [0.25, 0.3) is 0 Å². The lowest BCUT2D eigenvalue weighted by atomic mass is 9.98. The predicted molar refractivity (Wildman–Crippen MR) is 182 cm³/mol. The van der Waals surface area contributed by atoms with Crippen molar-refractivity contribution in [3.05, 3.63) is 0 Å². The zero-order chi connectivity index (χ0) is 31.5. The molecule has 2 aliphatic heterocycles. The summed E-state index contributed by atoms with van der Waals surface area (Å²) < 4.78 is 23.3. The number of hydrogen-bond acceptors (Lipinski definition) is 6. The summed E-state index contributed by atoms with van der Waals surface area (Å²) in [6.07, 6.45) is 27.9. The Labute approximate surface area is 272 Å². The maximum absolute atomic E-state index is 13.7. The van der Waals surface area contributed by atoms with Gasteiger partial charge in [0, 0.05) is 45.4 Å². The number of carbonyl (C=O) groups excluding carboxylic acids is 1. The van der Waals surface area contributed by atoms with Crippen LogP contribution >= 0.6 is 0 Å². The highest BCUT2D eigenvalue weighted by Gasteiger charge is 2.23. The topological polar surface area (TPSA) is 60.5 Å². The van der Waals surface area contributed by atoms with Gasteiger partial charge in [-0.25, -0.2) is 0 Å². The largest absolute Gasteiger partial charge is 0.353 e. The Hall–Kier alpha value is -0.730. The second-order valence-electron chi connectivity index (χ2n) is 13.7. The van der Waals surface area contributed by atoms with Crippen LogP contribution < -0.4 is 0 Å². The van der Waals surface area contributed by atoms with Crippen molar-refractivity contribution in [2.45, 2.75) is 180 Å². The first-order valence-corrected chi connectivity index (χ1v) is 19.0. The van der Waals surface area contributed by atoms with Crippen LogP contribution in [-0.4, -0.2) is 87.9 Å². The SMILES string of the molecule is CCCCCCCCCC(CCCCCCOC1CCCCO1)N(CCCCCOC1CCCCO1)C(=O)CCCN(C)C. The molecule has 7 heteroatoms. The Morgan fingerprint density at radius 3 is 1.70 bits per heavy atom. The molecule has 2 fully saturated rings. The fourth-order valence-corrected chi connectivity index (χ4v) is 6.51. The van der Waals surface area contributed by atoms with E-state index in [0.717, 1.165) is 104 Å². The number of rotatable bonds is 28. The molecule has 44 heavy (non-hydrogen) atoms. The maximum atomic E-state index is 13.7. The fraction of sp³-hybridized carbons (Fsp3) is 0.973. The van der Waals surface area contributed by atoms with Crippen LogP contribution in [0, 0.1) is 0 Å². The second-order valence-corrected chi connectivity index (χ2v) is 13.7. The van der Waals surface area contributed by atoms with Crippen molar-refractivity contribution < 1.29 is 23.7 Å². The first kappa shape index (κ1) is 39.4. The van der Waals surface area contributed by atoms with Crippen LogP contribution in [0.4, 0.5) is 0 Å². The van der Waals surface area contributed by atoms with Gasteiger partial charge in [0.2, 0.25) is 5.91 Å². The lowest BCUT2D eigenvalue weighted by Gasteiger charge is -2.33. The first-order valence-electron chi connectivity index (χ1n) is 19.0.